The number of halogens is 1. The zero-order valence-corrected chi connectivity index (χ0v) is 13.5. The lowest BCUT2D eigenvalue weighted by atomic mass is 10.1. The molecule has 118 valence electrons. The Hall–Kier alpha value is -2.33. The number of carbonyl (C=O) groups excluding carboxylic acids is 1. The molecule has 2 aromatic heterocycles. The van der Waals surface area contributed by atoms with E-state index in [1.54, 1.807) is 0 Å². The number of fused-ring (bicyclic) bond motifs is 1. The van der Waals surface area contributed by atoms with Crippen LogP contribution in [-0.4, -0.2) is 21.8 Å². The summed E-state index contributed by atoms with van der Waals surface area (Å²) in [6.45, 7) is 0.579. The third kappa shape index (κ3) is 3.90. The Labute approximate surface area is 140 Å². The van der Waals surface area contributed by atoms with Crippen molar-refractivity contribution in [3.8, 4) is 0 Å². The van der Waals surface area contributed by atoms with Crippen molar-refractivity contribution in [2.45, 2.75) is 19.3 Å². The first-order chi connectivity index (χ1) is 11.2. The van der Waals surface area contributed by atoms with E-state index in [2.05, 4.69) is 10.3 Å². The Morgan fingerprint density at radius 1 is 1.13 bits per heavy atom. The van der Waals surface area contributed by atoms with Crippen LogP contribution in [-0.2, 0) is 17.6 Å². The fraction of sp³-hybridized carbons (Fsp3) is 0.222. The van der Waals surface area contributed by atoms with Crippen LogP contribution in [0.1, 0.15) is 17.8 Å². The number of nitrogens with one attached hydrogen (secondary N) is 1. The highest BCUT2D eigenvalue weighted by molar-refractivity contribution is 6.31. The van der Waals surface area contributed by atoms with E-state index in [1.165, 1.54) is 0 Å². The molecule has 23 heavy (non-hydrogen) atoms. The van der Waals surface area contributed by atoms with Gasteiger partial charge in [-0.05, 0) is 30.2 Å². The van der Waals surface area contributed by atoms with Crippen LogP contribution in [0.2, 0.25) is 5.02 Å². The zero-order chi connectivity index (χ0) is 16.1. The molecule has 1 N–H and O–H groups in total. The molecule has 0 bridgehead atoms. The molecular weight excluding hydrogens is 310 g/mol. The van der Waals surface area contributed by atoms with Crippen LogP contribution in [0.15, 0.2) is 54.9 Å². The minimum atomic E-state index is 0.0331. The van der Waals surface area contributed by atoms with Gasteiger partial charge in [-0.25, -0.2) is 4.98 Å². The van der Waals surface area contributed by atoms with E-state index < -0.39 is 0 Å². The van der Waals surface area contributed by atoms with Gasteiger partial charge in [0.15, 0.2) is 0 Å². The van der Waals surface area contributed by atoms with Crippen LogP contribution in [0, 0.1) is 0 Å². The number of rotatable bonds is 6. The van der Waals surface area contributed by atoms with Gasteiger partial charge >= 0.3 is 0 Å². The smallest absolute Gasteiger partial charge is 0.220 e. The first-order valence-electron chi connectivity index (χ1n) is 7.65. The lowest BCUT2D eigenvalue weighted by Gasteiger charge is -2.06. The summed E-state index contributed by atoms with van der Waals surface area (Å²) in [7, 11) is 0. The first kappa shape index (κ1) is 15.6. The maximum atomic E-state index is 11.9. The number of nitrogens with zero attached hydrogens (tertiary/aromatic N) is 2. The predicted octanol–water partition coefficient (Wildman–Crippen LogP) is 3.28. The van der Waals surface area contributed by atoms with Gasteiger partial charge in [0.2, 0.25) is 5.91 Å². The Morgan fingerprint density at radius 2 is 1.96 bits per heavy atom. The lowest BCUT2D eigenvalue weighted by molar-refractivity contribution is -0.121. The highest BCUT2D eigenvalue weighted by atomic mass is 35.5. The summed E-state index contributed by atoms with van der Waals surface area (Å²) in [4.78, 5) is 16.3. The van der Waals surface area contributed by atoms with Gasteiger partial charge in [0, 0.05) is 30.6 Å². The van der Waals surface area contributed by atoms with Crippen molar-refractivity contribution in [2.24, 2.45) is 0 Å². The quantitative estimate of drug-likeness (QED) is 0.755. The van der Waals surface area contributed by atoms with Gasteiger partial charge in [0.1, 0.15) is 5.82 Å². The number of pyridine rings is 1. The van der Waals surface area contributed by atoms with Gasteiger partial charge in [-0.3, -0.25) is 4.79 Å². The second-order valence-electron chi connectivity index (χ2n) is 5.36. The second-order valence-corrected chi connectivity index (χ2v) is 5.77. The van der Waals surface area contributed by atoms with E-state index in [-0.39, 0.29) is 5.91 Å². The normalized spacial score (nSPS) is 10.8. The average molecular weight is 328 g/mol. The summed E-state index contributed by atoms with van der Waals surface area (Å²) >= 11 is 6.09. The Kier molecular flexibility index (Phi) is 4.93. The van der Waals surface area contributed by atoms with Gasteiger partial charge < -0.3 is 9.72 Å². The molecule has 0 atom stereocenters. The average Bonchev–Trinajstić information content (AvgIpc) is 2.98. The zero-order valence-electron chi connectivity index (χ0n) is 12.7. The number of hydrogen-bond donors (Lipinski definition) is 1. The second kappa shape index (κ2) is 7.29. The third-order valence-electron chi connectivity index (χ3n) is 3.77. The summed E-state index contributed by atoms with van der Waals surface area (Å²) < 4.78 is 2.04. The number of hydrogen-bond acceptors (Lipinski definition) is 2. The topological polar surface area (TPSA) is 46.4 Å². The fourth-order valence-corrected chi connectivity index (χ4v) is 2.77. The molecule has 0 saturated heterocycles. The fourth-order valence-electron chi connectivity index (χ4n) is 2.54. The van der Waals surface area contributed by atoms with Crippen LogP contribution >= 0.6 is 11.6 Å². The molecule has 3 aromatic rings. The third-order valence-corrected chi connectivity index (χ3v) is 4.13. The van der Waals surface area contributed by atoms with Gasteiger partial charge in [-0.1, -0.05) is 35.9 Å². The van der Waals surface area contributed by atoms with Crippen LogP contribution in [0.4, 0.5) is 0 Å². The highest BCUT2D eigenvalue weighted by Crippen LogP contribution is 2.16. The van der Waals surface area contributed by atoms with Crippen LogP contribution in [0.5, 0.6) is 0 Å². The van der Waals surface area contributed by atoms with E-state index >= 15 is 0 Å². The summed E-state index contributed by atoms with van der Waals surface area (Å²) in [5.74, 6) is 0.984. The van der Waals surface area contributed by atoms with E-state index in [4.69, 9.17) is 11.6 Å². The van der Waals surface area contributed by atoms with Crippen molar-refractivity contribution in [3.05, 3.63) is 71.3 Å². The molecule has 0 aliphatic carbocycles. The Balaban J connectivity index is 1.47. The van der Waals surface area contributed by atoms with E-state index in [9.17, 15) is 4.79 Å². The van der Waals surface area contributed by atoms with Crippen LogP contribution in [0.25, 0.3) is 5.52 Å². The molecular formula is C18H18ClN3O. The van der Waals surface area contributed by atoms with Gasteiger partial charge in [0.05, 0.1) is 11.7 Å². The molecule has 0 aliphatic rings. The maximum absolute atomic E-state index is 11.9. The van der Waals surface area contributed by atoms with Gasteiger partial charge in [0.25, 0.3) is 0 Å². The number of aromatic nitrogens is 2. The number of amides is 1. The molecule has 0 saturated carbocycles. The van der Waals surface area contributed by atoms with Crippen molar-refractivity contribution in [1.82, 2.24) is 14.7 Å². The Bertz CT molecular complexity index is 813. The summed E-state index contributed by atoms with van der Waals surface area (Å²) in [5.41, 5.74) is 2.07. The minimum absolute atomic E-state index is 0.0331. The van der Waals surface area contributed by atoms with E-state index in [1.807, 2.05) is 59.3 Å². The number of carbonyl (C=O) groups is 1. The molecule has 1 amide bonds. The van der Waals surface area contributed by atoms with Crippen molar-refractivity contribution in [3.63, 3.8) is 0 Å². The summed E-state index contributed by atoms with van der Waals surface area (Å²) in [6.07, 6.45) is 5.62. The molecule has 4 nitrogen and oxygen atoms in total. The van der Waals surface area contributed by atoms with Crippen molar-refractivity contribution in [1.29, 1.82) is 0 Å². The lowest BCUT2D eigenvalue weighted by Crippen LogP contribution is -2.26. The summed E-state index contributed by atoms with van der Waals surface area (Å²) in [6, 6.07) is 13.6. The van der Waals surface area contributed by atoms with Gasteiger partial charge in [-0.2, -0.15) is 0 Å². The molecule has 0 spiro atoms. The summed E-state index contributed by atoms with van der Waals surface area (Å²) in [5, 5.41) is 3.65. The molecule has 0 fully saturated rings. The standard InChI is InChI=1S/C18H18ClN3O/c19-16-7-2-1-5-14(16)8-9-18(23)20-11-10-17-21-13-15-6-3-4-12-22(15)17/h1-7,12-13H,8-11H2,(H,20,23). The van der Waals surface area contributed by atoms with Gasteiger partial charge in [-0.15, -0.1) is 0 Å². The van der Waals surface area contributed by atoms with Crippen molar-refractivity contribution in [2.75, 3.05) is 6.54 Å². The number of aryl methyl sites for hydroxylation is 1. The molecule has 0 aliphatic heterocycles. The molecule has 2 heterocycles. The number of benzene rings is 1. The highest BCUT2D eigenvalue weighted by Gasteiger charge is 2.06. The monoisotopic (exact) mass is 327 g/mol. The van der Waals surface area contributed by atoms with E-state index in [0.717, 1.165) is 16.9 Å². The Morgan fingerprint density at radius 3 is 2.83 bits per heavy atom. The molecule has 1 aromatic carbocycles. The maximum Gasteiger partial charge on any atom is 0.220 e. The number of imidazole rings is 1. The first-order valence-corrected chi connectivity index (χ1v) is 8.03. The van der Waals surface area contributed by atoms with Crippen LogP contribution < -0.4 is 5.32 Å². The minimum Gasteiger partial charge on any atom is -0.356 e. The van der Waals surface area contributed by atoms with Crippen molar-refractivity contribution < 1.29 is 4.79 Å². The van der Waals surface area contributed by atoms with E-state index in [0.29, 0.717) is 30.8 Å². The molecule has 0 radical (unpaired) electrons. The predicted molar refractivity (Wildman–Crippen MR) is 91.7 cm³/mol. The molecule has 0 unspecified atom stereocenters. The van der Waals surface area contributed by atoms with Crippen molar-refractivity contribution >= 4 is 23.0 Å². The molecule has 3 rings (SSSR count). The van der Waals surface area contributed by atoms with Crippen LogP contribution in [0.3, 0.4) is 0 Å². The molecule has 5 heteroatoms. The SMILES string of the molecule is O=C(CCc1ccccc1Cl)NCCc1ncc2ccccn12. The largest absolute Gasteiger partial charge is 0.356 e.